The Morgan fingerprint density at radius 2 is 1.60 bits per heavy atom. The second-order valence-corrected chi connectivity index (χ2v) is 6.94. The molecular weight excluding hydrogens is 378 g/mol. The molecule has 156 valence electrons. The Labute approximate surface area is 177 Å². The third-order valence-electron chi connectivity index (χ3n) is 5.08. The highest BCUT2D eigenvalue weighted by Gasteiger charge is 2.13. The molecule has 0 N–H and O–H groups in total. The average molecular weight is 405 g/mol. The topological polar surface area (TPSA) is 48.0 Å². The Morgan fingerprint density at radius 1 is 0.933 bits per heavy atom. The first kappa shape index (κ1) is 21.2. The summed E-state index contributed by atoms with van der Waals surface area (Å²) in [6.45, 7) is 0.631. The maximum atomic E-state index is 12.6. The Balaban J connectivity index is 1.69. The Morgan fingerprint density at radius 3 is 2.27 bits per heavy atom. The molecular formula is C25H27NO4. The lowest BCUT2D eigenvalue weighted by Gasteiger charge is -2.16. The molecule has 0 aliphatic heterocycles. The predicted molar refractivity (Wildman–Crippen MR) is 120 cm³/mol. The van der Waals surface area contributed by atoms with Crippen molar-refractivity contribution in [1.29, 1.82) is 0 Å². The highest BCUT2D eigenvalue weighted by atomic mass is 16.5. The number of methoxy groups -OCH3 is 3. The number of carbonyl (C=O) groups is 1. The molecule has 5 nitrogen and oxygen atoms in total. The molecule has 3 aromatic rings. The zero-order chi connectivity index (χ0) is 21.5. The summed E-state index contributed by atoms with van der Waals surface area (Å²) in [6.07, 6.45) is 4.10. The van der Waals surface area contributed by atoms with E-state index in [9.17, 15) is 4.79 Å². The fourth-order valence-electron chi connectivity index (χ4n) is 3.40. The first-order valence-corrected chi connectivity index (χ1v) is 9.77. The quantitative estimate of drug-likeness (QED) is 0.515. The summed E-state index contributed by atoms with van der Waals surface area (Å²) in [6, 6.07) is 18.2. The van der Waals surface area contributed by atoms with Gasteiger partial charge in [-0.2, -0.15) is 0 Å². The standard InChI is InChI=1S/C25H27NO4/c1-26(15-14-20-10-7-9-19-8-5-6-11-21(19)20)24(27)13-12-18-16-22(28-2)25(30-4)23(17-18)29-3/h5-13,16-17H,14-15H2,1-4H3. The van der Waals surface area contributed by atoms with E-state index in [1.165, 1.54) is 16.3 Å². The number of likely N-dealkylation sites (N-methyl/N-ethyl adjacent to an activating group) is 1. The molecule has 0 aromatic heterocycles. The van der Waals surface area contributed by atoms with Crippen molar-refractivity contribution < 1.29 is 19.0 Å². The van der Waals surface area contributed by atoms with Crippen LogP contribution >= 0.6 is 0 Å². The highest BCUT2D eigenvalue weighted by molar-refractivity contribution is 5.92. The summed E-state index contributed by atoms with van der Waals surface area (Å²) < 4.78 is 16.1. The van der Waals surface area contributed by atoms with E-state index in [2.05, 4.69) is 30.3 Å². The number of ether oxygens (including phenoxy) is 3. The minimum Gasteiger partial charge on any atom is -0.493 e. The number of benzene rings is 3. The third kappa shape index (κ3) is 4.74. The molecule has 0 atom stereocenters. The van der Waals surface area contributed by atoms with Crippen LogP contribution in [-0.4, -0.2) is 45.7 Å². The van der Waals surface area contributed by atoms with Crippen molar-refractivity contribution in [2.24, 2.45) is 0 Å². The normalized spacial score (nSPS) is 10.9. The van der Waals surface area contributed by atoms with Crippen molar-refractivity contribution in [1.82, 2.24) is 4.90 Å². The van der Waals surface area contributed by atoms with Crippen LogP contribution in [-0.2, 0) is 11.2 Å². The fourth-order valence-corrected chi connectivity index (χ4v) is 3.40. The van der Waals surface area contributed by atoms with Gasteiger partial charge in [0.25, 0.3) is 0 Å². The van der Waals surface area contributed by atoms with E-state index >= 15 is 0 Å². The van der Waals surface area contributed by atoms with Gasteiger partial charge in [0.2, 0.25) is 11.7 Å². The van der Waals surface area contributed by atoms with Crippen LogP contribution in [0.25, 0.3) is 16.8 Å². The van der Waals surface area contributed by atoms with E-state index in [1.54, 1.807) is 50.5 Å². The molecule has 30 heavy (non-hydrogen) atoms. The van der Waals surface area contributed by atoms with Gasteiger partial charge >= 0.3 is 0 Å². The summed E-state index contributed by atoms with van der Waals surface area (Å²) in [5.74, 6) is 1.56. The van der Waals surface area contributed by atoms with Gasteiger partial charge in [0.15, 0.2) is 11.5 Å². The molecule has 3 aromatic carbocycles. The maximum Gasteiger partial charge on any atom is 0.246 e. The Hall–Kier alpha value is -3.47. The first-order chi connectivity index (χ1) is 14.6. The highest BCUT2D eigenvalue weighted by Crippen LogP contribution is 2.38. The summed E-state index contributed by atoms with van der Waals surface area (Å²) in [5.41, 5.74) is 2.03. The lowest BCUT2D eigenvalue weighted by molar-refractivity contribution is -0.124. The maximum absolute atomic E-state index is 12.6. The van der Waals surface area contributed by atoms with Gasteiger partial charge in [-0.05, 0) is 46.5 Å². The summed E-state index contributed by atoms with van der Waals surface area (Å²) in [4.78, 5) is 14.3. The molecule has 0 radical (unpaired) electrons. The number of amides is 1. The van der Waals surface area contributed by atoms with Crippen LogP contribution in [0, 0.1) is 0 Å². The molecule has 0 aliphatic rings. The van der Waals surface area contributed by atoms with Gasteiger partial charge in [-0.15, -0.1) is 0 Å². The molecule has 0 saturated carbocycles. The molecule has 0 aliphatic carbocycles. The van der Waals surface area contributed by atoms with Crippen LogP contribution in [0.4, 0.5) is 0 Å². The van der Waals surface area contributed by atoms with E-state index in [1.807, 2.05) is 19.2 Å². The van der Waals surface area contributed by atoms with E-state index in [0.29, 0.717) is 23.8 Å². The summed E-state index contributed by atoms with van der Waals surface area (Å²) >= 11 is 0. The average Bonchev–Trinajstić information content (AvgIpc) is 2.79. The monoisotopic (exact) mass is 405 g/mol. The molecule has 0 spiro atoms. The van der Waals surface area contributed by atoms with Crippen molar-refractivity contribution in [3.63, 3.8) is 0 Å². The number of hydrogen-bond acceptors (Lipinski definition) is 4. The largest absolute Gasteiger partial charge is 0.493 e. The number of nitrogens with zero attached hydrogens (tertiary/aromatic N) is 1. The summed E-state index contributed by atoms with van der Waals surface area (Å²) in [7, 11) is 6.51. The number of rotatable bonds is 8. The van der Waals surface area contributed by atoms with Gasteiger partial charge < -0.3 is 19.1 Å². The van der Waals surface area contributed by atoms with E-state index in [-0.39, 0.29) is 5.91 Å². The van der Waals surface area contributed by atoms with Crippen molar-refractivity contribution >= 4 is 22.8 Å². The van der Waals surface area contributed by atoms with Crippen LogP contribution in [0.15, 0.2) is 60.7 Å². The SMILES string of the molecule is COc1cc(C=CC(=O)N(C)CCc2cccc3ccccc23)cc(OC)c1OC. The van der Waals surface area contributed by atoms with Crippen molar-refractivity contribution in [3.8, 4) is 17.2 Å². The third-order valence-corrected chi connectivity index (χ3v) is 5.08. The number of fused-ring (bicyclic) bond motifs is 1. The Kier molecular flexibility index (Phi) is 6.96. The number of carbonyl (C=O) groups excluding carboxylic acids is 1. The van der Waals surface area contributed by atoms with Crippen LogP contribution < -0.4 is 14.2 Å². The minimum atomic E-state index is -0.0658. The van der Waals surface area contributed by atoms with Crippen LogP contribution in [0.3, 0.4) is 0 Å². The van der Waals surface area contributed by atoms with Gasteiger partial charge in [-0.3, -0.25) is 4.79 Å². The zero-order valence-corrected chi connectivity index (χ0v) is 17.8. The van der Waals surface area contributed by atoms with Gasteiger partial charge in [-0.25, -0.2) is 0 Å². The predicted octanol–water partition coefficient (Wildman–Crippen LogP) is 4.58. The molecule has 0 bridgehead atoms. The van der Waals surface area contributed by atoms with Crippen molar-refractivity contribution in [3.05, 3.63) is 71.8 Å². The van der Waals surface area contributed by atoms with Crippen LogP contribution in [0.2, 0.25) is 0 Å². The Bertz CT molecular complexity index is 1030. The lowest BCUT2D eigenvalue weighted by Crippen LogP contribution is -2.27. The zero-order valence-electron chi connectivity index (χ0n) is 17.8. The molecule has 0 unspecified atom stereocenters. The molecule has 5 heteroatoms. The van der Waals surface area contributed by atoms with Crippen molar-refractivity contribution in [2.45, 2.75) is 6.42 Å². The fraction of sp³-hybridized carbons (Fsp3) is 0.240. The van der Waals surface area contributed by atoms with Gasteiger partial charge in [0.05, 0.1) is 21.3 Å². The second kappa shape index (κ2) is 9.83. The molecule has 3 rings (SSSR count). The summed E-state index contributed by atoms with van der Waals surface area (Å²) in [5, 5.41) is 2.44. The first-order valence-electron chi connectivity index (χ1n) is 9.77. The van der Waals surface area contributed by atoms with Crippen LogP contribution in [0.5, 0.6) is 17.2 Å². The van der Waals surface area contributed by atoms with Gasteiger partial charge in [-0.1, -0.05) is 42.5 Å². The lowest BCUT2D eigenvalue weighted by atomic mass is 10.0. The van der Waals surface area contributed by atoms with E-state index < -0.39 is 0 Å². The smallest absolute Gasteiger partial charge is 0.246 e. The number of hydrogen-bond donors (Lipinski definition) is 0. The molecule has 0 fully saturated rings. The van der Waals surface area contributed by atoms with Gasteiger partial charge in [0.1, 0.15) is 0 Å². The van der Waals surface area contributed by atoms with E-state index in [0.717, 1.165) is 12.0 Å². The van der Waals surface area contributed by atoms with E-state index in [4.69, 9.17) is 14.2 Å². The minimum absolute atomic E-state index is 0.0658. The molecule has 0 heterocycles. The van der Waals surface area contributed by atoms with Crippen molar-refractivity contribution in [2.75, 3.05) is 34.9 Å². The van der Waals surface area contributed by atoms with Crippen LogP contribution in [0.1, 0.15) is 11.1 Å². The molecule has 0 saturated heterocycles. The second-order valence-electron chi connectivity index (χ2n) is 6.94. The van der Waals surface area contributed by atoms with Gasteiger partial charge in [0, 0.05) is 19.7 Å². The molecule has 1 amide bonds.